The number of ether oxygens (including phenoxy) is 2. The molecule has 0 amide bonds. The summed E-state index contributed by atoms with van der Waals surface area (Å²) >= 11 is 0. The third kappa shape index (κ3) is 5.38. The molecule has 1 aromatic carbocycles. The minimum atomic E-state index is -2.92. The first-order valence-corrected chi connectivity index (χ1v) is 8.49. The first-order valence-electron chi connectivity index (χ1n) is 6.67. The van der Waals surface area contributed by atoms with Crippen LogP contribution in [-0.4, -0.2) is 40.7 Å². The van der Waals surface area contributed by atoms with Gasteiger partial charge in [-0.2, -0.15) is 0 Å². The van der Waals surface area contributed by atoms with E-state index in [4.69, 9.17) is 9.47 Å². The summed E-state index contributed by atoms with van der Waals surface area (Å²) in [6, 6.07) is 5.59. The van der Waals surface area contributed by atoms with Gasteiger partial charge in [0.05, 0.1) is 19.5 Å². The first-order chi connectivity index (χ1) is 9.52. The summed E-state index contributed by atoms with van der Waals surface area (Å²) in [5, 5.41) is 3.07. The Kier molecular flexibility index (Phi) is 6.81. The Labute approximate surface area is 121 Å². The van der Waals surface area contributed by atoms with Crippen molar-refractivity contribution in [2.24, 2.45) is 0 Å². The summed E-state index contributed by atoms with van der Waals surface area (Å²) < 4.78 is 33.6. The Bertz CT molecular complexity index is 514. The summed E-state index contributed by atoms with van der Waals surface area (Å²) in [6.07, 6.45) is 0.501. The second-order valence-electron chi connectivity index (χ2n) is 4.44. The number of nitrogens with one attached hydrogen (secondary N) is 1. The van der Waals surface area contributed by atoms with Crippen LogP contribution in [0.25, 0.3) is 0 Å². The fourth-order valence-electron chi connectivity index (χ4n) is 1.76. The molecule has 0 unspecified atom stereocenters. The standard InChI is InChI=1S/C14H23NO4S/c1-4-20(16,17)9-5-8-19-14-7-6-13(18-3)10-12(14)11-15-2/h6-7,10,15H,4-5,8-9,11H2,1-3H3. The van der Waals surface area contributed by atoms with E-state index in [0.29, 0.717) is 19.6 Å². The lowest BCUT2D eigenvalue weighted by Gasteiger charge is -2.12. The molecule has 1 N–H and O–H groups in total. The minimum Gasteiger partial charge on any atom is -0.497 e. The van der Waals surface area contributed by atoms with Crippen LogP contribution >= 0.6 is 0 Å². The van der Waals surface area contributed by atoms with Crippen molar-refractivity contribution in [1.29, 1.82) is 0 Å². The molecule has 0 aliphatic carbocycles. The minimum absolute atomic E-state index is 0.168. The highest BCUT2D eigenvalue weighted by atomic mass is 32.2. The van der Waals surface area contributed by atoms with Crippen LogP contribution in [0, 0.1) is 0 Å². The van der Waals surface area contributed by atoms with Gasteiger partial charge in [0.1, 0.15) is 21.3 Å². The SMILES string of the molecule is CCS(=O)(=O)CCCOc1ccc(OC)cc1CNC. The first kappa shape index (κ1) is 16.8. The number of rotatable bonds is 9. The molecule has 0 saturated heterocycles. The summed E-state index contributed by atoms with van der Waals surface area (Å²) in [5.41, 5.74) is 0.991. The van der Waals surface area contributed by atoms with Crippen molar-refractivity contribution < 1.29 is 17.9 Å². The molecular formula is C14H23NO4S. The van der Waals surface area contributed by atoms with Crippen molar-refractivity contribution in [3.8, 4) is 11.5 Å². The molecule has 0 aliphatic rings. The molecule has 1 rings (SSSR count). The molecule has 0 atom stereocenters. The van der Waals surface area contributed by atoms with Gasteiger partial charge in [-0.1, -0.05) is 6.92 Å². The van der Waals surface area contributed by atoms with Gasteiger partial charge in [0.2, 0.25) is 0 Å². The highest BCUT2D eigenvalue weighted by molar-refractivity contribution is 7.91. The van der Waals surface area contributed by atoms with Crippen molar-refractivity contribution in [2.45, 2.75) is 19.9 Å². The van der Waals surface area contributed by atoms with E-state index in [1.54, 1.807) is 14.0 Å². The van der Waals surface area contributed by atoms with Gasteiger partial charge in [-0.25, -0.2) is 8.42 Å². The highest BCUT2D eigenvalue weighted by Gasteiger charge is 2.08. The Morgan fingerprint density at radius 3 is 2.65 bits per heavy atom. The molecule has 0 radical (unpaired) electrons. The fourth-order valence-corrected chi connectivity index (χ4v) is 2.60. The molecule has 20 heavy (non-hydrogen) atoms. The van der Waals surface area contributed by atoms with Crippen molar-refractivity contribution in [1.82, 2.24) is 5.32 Å². The van der Waals surface area contributed by atoms with Gasteiger partial charge in [0.25, 0.3) is 0 Å². The second kappa shape index (κ2) is 8.11. The summed E-state index contributed by atoms with van der Waals surface area (Å²) in [7, 11) is 0.561. The number of sulfone groups is 1. The van der Waals surface area contributed by atoms with Gasteiger partial charge in [0.15, 0.2) is 0 Å². The summed E-state index contributed by atoms with van der Waals surface area (Å²) in [5.74, 6) is 1.88. The quantitative estimate of drug-likeness (QED) is 0.702. The molecule has 6 heteroatoms. The third-order valence-corrected chi connectivity index (χ3v) is 4.72. The van der Waals surface area contributed by atoms with E-state index in [-0.39, 0.29) is 11.5 Å². The van der Waals surface area contributed by atoms with Crippen molar-refractivity contribution >= 4 is 9.84 Å². The lowest BCUT2D eigenvalue weighted by Crippen LogP contribution is -2.13. The highest BCUT2D eigenvalue weighted by Crippen LogP contribution is 2.24. The van der Waals surface area contributed by atoms with Crippen LogP contribution in [0.1, 0.15) is 18.9 Å². The van der Waals surface area contributed by atoms with Gasteiger partial charge < -0.3 is 14.8 Å². The zero-order valence-electron chi connectivity index (χ0n) is 12.3. The lowest BCUT2D eigenvalue weighted by atomic mass is 10.2. The molecular weight excluding hydrogens is 278 g/mol. The van der Waals surface area contributed by atoms with Crippen molar-refractivity contribution in [2.75, 3.05) is 32.3 Å². The van der Waals surface area contributed by atoms with E-state index >= 15 is 0 Å². The molecule has 0 aromatic heterocycles. The van der Waals surface area contributed by atoms with Crippen LogP contribution < -0.4 is 14.8 Å². The van der Waals surface area contributed by atoms with Gasteiger partial charge in [0, 0.05) is 17.9 Å². The van der Waals surface area contributed by atoms with E-state index in [0.717, 1.165) is 17.1 Å². The van der Waals surface area contributed by atoms with Gasteiger partial charge in [-0.3, -0.25) is 0 Å². The summed E-state index contributed by atoms with van der Waals surface area (Å²) in [4.78, 5) is 0. The molecule has 0 fully saturated rings. The Morgan fingerprint density at radius 1 is 1.30 bits per heavy atom. The molecule has 0 saturated carbocycles. The van der Waals surface area contributed by atoms with Gasteiger partial charge in [-0.15, -0.1) is 0 Å². The zero-order chi connectivity index (χ0) is 15.0. The van der Waals surface area contributed by atoms with Gasteiger partial charge >= 0.3 is 0 Å². The van der Waals surface area contributed by atoms with Gasteiger partial charge in [-0.05, 0) is 31.7 Å². The molecule has 0 heterocycles. The van der Waals surface area contributed by atoms with Crippen LogP contribution in [0.3, 0.4) is 0 Å². The average molecular weight is 301 g/mol. The number of hydrogen-bond acceptors (Lipinski definition) is 5. The maximum Gasteiger partial charge on any atom is 0.150 e. The van der Waals surface area contributed by atoms with E-state index in [1.165, 1.54) is 0 Å². The number of methoxy groups -OCH3 is 1. The smallest absolute Gasteiger partial charge is 0.150 e. The molecule has 114 valence electrons. The monoisotopic (exact) mass is 301 g/mol. The van der Waals surface area contributed by atoms with Crippen LogP contribution in [0.15, 0.2) is 18.2 Å². The van der Waals surface area contributed by atoms with Crippen molar-refractivity contribution in [3.05, 3.63) is 23.8 Å². The topological polar surface area (TPSA) is 64.6 Å². The number of benzene rings is 1. The fraction of sp³-hybridized carbons (Fsp3) is 0.571. The van der Waals surface area contributed by atoms with Crippen molar-refractivity contribution in [3.63, 3.8) is 0 Å². The van der Waals surface area contributed by atoms with Crippen LogP contribution in [0.2, 0.25) is 0 Å². The molecule has 5 nitrogen and oxygen atoms in total. The Hall–Kier alpha value is -1.27. The van der Waals surface area contributed by atoms with Crippen LogP contribution in [0.5, 0.6) is 11.5 Å². The van der Waals surface area contributed by atoms with E-state index in [2.05, 4.69) is 5.32 Å². The Morgan fingerprint density at radius 2 is 2.05 bits per heavy atom. The largest absolute Gasteiger partial charge is 0.497 e. The average Bonchev–Trinajstić information content (AvgIpc) is 2.45. The summed E-state index contributed by atoms with van der Waals surface area (Å²) in [6.45, 7) is 2.72. The molecule has 1 aromatic rings. The predicted octanol–water partition coefficient (Wildman–Crippen LogP) is 1.62. The maximum atomic E-state index is 11.4. The molecule has 0 aliphatic heterocycles. The van der Waals surface area contributed by atoms with Crippen LogP contribution in [-0.2, 0) is 16.4 Å². The zero-order valence-corrected chi connectivity index (χ0v) is 13.1. The molecule has 0 bridgehead atoms. The van der Waals surface area contributed by atoms with E-state index in [1.807, 2.05) is 25.2 Å². The number of hydrogen-bond donors (Lipinski definition) is 1. The Balaban J connectivity index is 2.58. The third-order valence-electron chi connectivity index (χ3n) is 2.93. The predicted molar refractivity (Wildman–Crippen MR) is 80.2 cm³/mol. The van der Waals surface area contributed by atoms with E-state index < -0.39 is 9.84 Å². The maximum absolute atomic E-state index is 11.4. The normalized spacial score (nSPS) is 11.3. The van der Waals surface area contributed by atoms with Crippen LogP contribution in [0.4, 0.5) is 0 Å². The lowest BCUT2D eigenvalue weighted by molar-refractivity contribution is 0.313. The molecule has 0 spiro atoms. The second-order valence-corrected chi connectivity index (χ2v) is 6.92. The van der Waals surface area contributed by atoms with E-state index in [9.17, 15) is 8.42 Å².